The van der Waals surface area contributed by atoms with Crippen LogP contribution in [0.4, 0.5) is 13.2 Å². The summed E-state index contributed by atoms with van der Waals surface area (Å²) in [5, 5.41) is 10.5. The number of aromatic nitrogens is 4. The van der Waals surface area contributed by atoms with Crippen LogP contribution in [-0.2, 0) is 19.4 Å². The van der Waals surface area contributed by atoms with Crippen molar-refractivity contribution < 1.29 is 22.6 Å². The molecule has 0 aliphatic rings. The number of nitrogens with one attached hydrogen (secondary N) is 1. The Kier molecular flexibility index (Phi) is 7.41. The van der Waals surface area contributed by atoms with Gasteiger partial charge in [-0.1, -0.05) is 18.2 Å². The fourth-order valence-corrected chi connectivity index (χ4v) is 3.44. The van der Waals surface area contributed by atoms with Crippen LogP contribution >= 0.6 is 0 Å². The minimum Gasteiger partial charge on any atom is -0.487 e. The summed E-state index contributed by atoms with van der Waals surface area (Å²) in [7, 11) is 0. The lowest BCUT2D eigenvalue weighted by Gasteiger charge is -2.10. The van der Waals surface area contributed by atoms with Crippen LogP contribution in [-0.4, -0.2) is 26.8 Å². The number of nitrogens with zero attached hydrogens (tertiary/aromatic N) is 3. The Labute approximate surface area is 194 Å². The molecule has 0 aliphatic heterocycles. The third-order valence-electron chi connectivity index (χ3n) is 5.11. The van der Waals surface area contributed by atoms with Gasteiger partial charge in [0, 0.05) is 5.56 Å². The first kappa shape index (κ1) is 23.3. The Morgan fingerprint density at radius 3 is 2.24 bits per heavy atom. The van der Waals surface area contributed by atoms with Crippen molar-refractivity contribution in [2.75, 3.05) is 0 Å². The van der Waals surface area contributed by atoms with Crippen molar-refractivity contribution >= 4 is 0 Å². The smallest absolute Gasteiger partial charge is 0.487 e. The number of benzene rings is 2. The average molecular weight is 468 g/mol. The fourth-order valence-electron chi connectivity index (χ4n) is 3.44. The van der Waals surface area contributed by atoms with Crippen LogP contribution in [0.25, 0.3) is 11.3 Å². The predicted octanol–water partition coefficient (Wildman–Crippen LogP) is 5.91. The Morgan fingerprint density at radius 1 is 0.794 bits per heavy atom. The average Bonchev–Trinajstić information content (AvgIpc) is 3.35. The van der Waals surface area contributed by atoms with Crippen LogP contribution in [0.5, 0.6) is 11.5 Å². The van der Waals surface area contributed by atoms with Crippen molar-refractivity contribution in [2.45, 2.75) is 38.7 Å². The third kappa shape index (κ3) is 7.06. The first-order chi connectivity index (χ1) is 16.4. The number of hydrogen-bond acceptors (Lipinski definition) is 5. The van der Waals surface area contributed by atoms with E-state index in [0.29, 0.717) is 17.0 Å². The molecule has 1 N–H and O–H groups in total. The van der Waals surface area contributed by atoms with Crippen molar-refractivity contribution in [3.05, 3.63) is 89.9 Å². The van der Waals surface area contributed by atoms with Crippen molar-refractivity contribution in [1.29, 1.82) is 0 Å². The molecule has 0 amide bonds. The number of rotatable bonds is 10. The minimum atomic E-state index is -4.71. The van der Waals surface area contributed by atoms with Gasteiger partial charge in [0.05, 0.1) is 23.3 Å². The molecule has 34 heavy (non-hydrogen) atoms. The van der Waals surface area contributed by atoms with Gasteiger partial charge in [-0.3, -0.25) is 0 Å². The SMILES string of the molecule is FC(F)(F)Oc1ccc(-c2cccc(COc3ccc(CCCCc4cn[nH]n4)cc3)n2)cc1. The molecule has 0 fully saturated rings. The van der Waals surface area contributed by atoms with Crippen molar-refractivity contribution in [1.82, 2.24) is 20.4 Å². The zero-order chi connectivity index (χ0) is 23.8. The molecule has 9 heteroatoms. The van der Waals surface area contributed by atoms with Crippen LogP contribution in [0.2, 0.25) is 0 Å². The monoisotopic (exact) mass is 468 g/mol. The van der Waals surface area contributed by atoms with E-state index in [4.69, 9.17) is 4.74 Å². The molecule has 176 valence electrons. The Hall–Kier alpha value is -3.88. The molecule has 0 radical (unpaired) electrons. The van der Waals surface area contributed by atoms with Crippen molar-refractivity contribution in [3.8, 4) is 22.8 Å². The molecule has 4 aromatic rings. The van der Waals surface area contributed by atoms with Crippen LogP contribution in [0.15, 0.2) is 72.9 Å². The van der Waals surface area contributed by atoms with Crippen LogP contribution < -0.4 is 9.47 Å². The molecule has 0 saturated carbocycles. The maximum absolute atomic E-state index is 12.3. The second-order valence-corrected chi connectivity index (χ2v) is 7.69. The number of halogens is 3. The van der Waals surface area contributed by atoms with E-state index in [1.165, 1.54) is 17.7 Å². The highest BCUT2D eigenvalue weighted by atomic mass is 19.4. The highest BCUT2D eigenvalue weighted by Gasteiger charge is 2.30. The minimum absolute atomic E-state index is 0.269. The summed E-state index contributed by atoms with van der Waals surface area (Å²) in [6.45, 7) is 0.278. The van der Waals surface area contributed by atoms with Gasteiger partial charge in [0.2, 0.25) is 0 Å². The molecule has 0 unspecified atom stereocenters. The number of aromatic amines is 1. The largest absolute Gasteiger partial charge is 0.573 e. The third-order valence-corrected chi connectivity index (χ3v) is 5.11. The number of pyridine rings is 1. The highest BCUT2D eigenvalue weighted by molar-refractivity contribution is 5.60. The molecule has 0 atom stereocenters. The molecular weight excluding hydrogens is 445 g/mol. The summed E-state index contributed by atoms with van der Waals surface area (Å²) < 4.78 is 46.8. The van der Waals surface area contributed by atoms with E-state index in [1.54, 1.807) is 24.4 Å². The molecule has 2 aromatic heterocycles. The van der Waals surface area contributed by atoms with Gasteiger partial charge in [0.1, 0.15) is 18.1 Å². The molecule has 0 spiro atoms. The van der Waals surface area contributed by atoms with Crippen LogP contribution in [0, 0.1) is 0 Å². The zero-order valence-corrected chi connectivity index (χ0v) is 18.3. The fraction of sp³-hybridized carbons (Fsp3) is 0.240. The Balaban J connectivity index is 1.27. The van der Waals surface area contributed by atoms with Gasteiger partial charge >= 0.3 is 6.36 Å². The molecule has 6 nitrogen and oxygen atoms in total. The summed E-state index contributed by atoms with van der Waals surface area (Å²) in [5.41, 5.74) is 4.26. The van der Waals surface area contributed by atoms with Crippen molar-refractivity contribution in [2.24, 2.45) is 0 Å². The second-order valence-electron chi connectivity index (χ2n) is 7.69. The summed E-state index contributed by atoms with van der Waals surface area (Å²) >= 11 is 0. The first-order valence-electron chi connectivity index (χ1n) is 10.8. The van der Waals surface area contributed by atoms with E-state index < -0.39 is 6.36 Å². The van der Waals surface area contributed by atoms with Crippen LogP contribution in [0.1, 0.15) is 29.8 Å². The topological polar surface area (TPSA) is 72.9 Å². The quantitative estimate of drug-likeness (QED) is 0.293. The lowest BCUT2D eigenvalue weighted by molar-refractivity contribution is -0.274. The Bertz CT molecular complexity index is 1160. The van der Waals surface area contributed by atoms with Gasteiger partial charge in [-0.2, -0.15) is 15.4 Å². The maximum atomic E-state index is 12.3. The molecule has 0 bridgehead atoms. The predicted molar refractivity (Wildman–Crippen MR) is 120 cm³/mol. The maximum Gasteiger partial charge on any atom is 0.573 e. The van der Waals surface area contributed by atoms with Gasteiger partial charge < -0.3 is 9.47 Å². The first-order valence-corrected chi connectivity index (χ1v) is 10.8. The lowest BCUT2D eigenvalue weighted by atomic mass is 10.1. The molecule has 2 heterocycles. The number of unbranched alkanes of at least 4 members (excludes halogenated alkanes) is 1. The zero-order valence-electron chi connectivity index (χ0n) is 18.3. The number of ether oxygens (including phenoxy) is 2. The molecule has 0 aliphatic carbocycles. The van der Waals surface area contributed by atoms with Gasteiger partial charge in [-0.15, -0.1) is 13.2 Å². The lowest BCUT2D eigenvalue weighted by Crippen LogP contribution is -2.16. The van der Waals surface area contributed by atoms with E-state index in [9.17, 15) is 13.2 Å². The van der Waals surface area contributed by atoms with Crippen molar-refractivity contribution in [3.63, 3.8) is 0 Å². The number of aryl methyl sites for hydroxylation is 2. The van der Waals surface area contributed by atoms with E-state index in [-0.39, 0.29) is 12.4 Å². The number of hydrogen-bond donors (Lipinski definition) is 1. The van der Waals surface area contributed by atoms with E-state index >= 15 is 0 Å². The van der Waals surface area contributed by atoms with Gasteiger partial charge in [0.15, 0.2) is 0 Å². The standard InChI is InChI=1S/C25H23F3N4O2/c26-25(27,28)34-23-14-10-19(11-15-23)24-7-3-6-21(30-24)17-33-22-12-8-18(9-13-22)4-1-2-5-20-16-29-32-31-20/h3,6-16H,1-2,4-5,17H2,(H,29,31,32). The summed E-state index contributed by atoms with van der Waals surface area (Å²) in [6, 6.07) is 19.1. The summed E-state index contributed by atoms with van der Waals surface area (Å²) in [6.07, 6.45) is 1.04. The highest BCUT2D eigenvalue weighted by Crippen LogP contribution is 2.26. The number of H-pyrrole nitrogens is 1. The molecule has 2 aromatic carbocycles. The van der Waals surface area contributed by atoms with E-state index in [0.717, 1.165) is 37.1 Å². The second kappa shape index (κ2) is 10.8. The van der Waals surface area contributed by atoms with E-state index in [2.05, 4.69) is 37.3 Å². The summed E-state index contributed by atoms with van der Waals surface area (Å²) in [5.74, 6) is 0.473. The van der Waals surface area contributed by atoms with Crippen LogP contribution in [0.3, 0.4) is 0 Å². The van der Waals surface area contributed by atoms with Gasteiger partial charge in [-0.05, 0) is 79.8 Å². The number of alkyl halides is 3. The van der Waals surface area contributed by atoms with Gasteiger partial charge in [-0.25, -0.2) is 4.98 Å². The van der Waals surface area contributed by atoms with E-state index in [1.807, 2.05) is 24.3 Å². The molecular formula is C25H23F3N4O2. The Morgan fingerprint density at radius 2 is 1.53 bits per heavy atom. The molecule has 4 rings (SSSR count). The summed E-state index contributed by atoms with van der Waals surface area (Å²) in [4.78, 5) is 4.55. The van der Waals surface area contributed by atoms with Gasteiger partial charge in [0.25, 0.3) is 0 Å². The normalized spacial score (nSPS) is 11.4. The molecule has 0 saturated heterocycles.